The van der Waals surface area contributed by atoms with Gasteiger partial charge in [-0.15, -0.1) is 0 Å². The van der Waals surface area contributed by atoms with Gasteiger partial charge >= 0.3 is 5.97 Å². The standard InChI is InChI=1S/C10H18N2O4/c1-16-3-2-12(7-10(14)15)9(13)4-8-5-11-6-8/h8,11H,2-7H2,1H3,(H,14,15). The van der Waals surface area contributed by atoms with Crippen LogP contribution >= 0.6 is 0 Å². The molecule has 0 bridgehead atoms. The number of hydrogen-bond donors (Lipinski definition) is 2. The molecule has 0 atom stereocenters. The number of nitrogens with zero attached hydrogens (tertiary/aromatic N) is 1. The van der Waals surface area contributed by atoms with Crippen LogP contribution in [0.3, 0.4) is 0 Å². The molecule has 16 heavy (non-hydrogen) atoms. The number of nitrogens with one attached hydrogen (secondary N) is 1. The Labute approximate surface area is 94.6 Å². The minimum Gasteiger partial charge on any atom is -0.480 e. The lowest BCUT2D eigenvalue weighted by Crippen LogP contribution is -2.46. The number of aliphatic carboxylic acids is 1. The topological polar surface area (TPSA) is 78.9 Å². The van der Waals surface area contributed by atoms with Crippen molar-refractivity contribution in [2.45, 2.75) is 6.42 Å². The average Bonchev–Trinajstić information content (AvgIpc) is 2.17. The maximum atomic E-state index is 11.8. The van der Waals surface area contributed by atoms with E-state index in [2.05, 4.69) is 5.32 Å². The second-order valence-corrected chi connectivity index (χ2v) is 3.93. The molecule has 1 heterocycles. The SMILES string of the molecule is COCCN(CC(=O)O)C(=O)CC1CNC1. The van der Waals surface area contributed by atoms with E-state index in [0.29, 0.717) is 25.5 Å². The molecule has 0 radical (unpaired) electrons. The van der Waals surface area contributed by atoms with Gasteiger partial charge in [0.15, 0.2) is 0 Å². The van der Waals surface area contributed by atoms with Crippen LogP contribution in [0.4, 0.5) is 0 Å². The summed E-state index contributed by atoms with van der Waals surface area (Å²) in [6.07, 6.45) is 0.421. The van der Waals surface area contributed by atoms with Crippen LogP contribution in [0.1, 0.15) is 6.42 Å². The summed E-state index contributed by atoms with van der Waals surface area (Å²) in [4.78, 5) is 23.7. The fraction of sp³-hybridized carbons (Fsp3) is 0.800. The van der Waals surface area contributed by atoms with Gasteiger partial charge in [0.1, 0.15) is 6.54 Å². The van der Waals surface area contributed by atoms with Crippen molar-refractivity contribution in [1.29, 1.82) is 0 Å². The minimum absolute atomic E-state index is 0.106. The lowest BCUT2D eigenvalue weighted by molar-refractivity contribution is -0.145. The van der Waals surface area contributed by atoms with E-state index in [4.69, 9.17) is 9.84 Å². The van der Waals surface area contributed by atoms with Gasteiger partial charge < -0.3 is 20.1 Å². The molecule has 0 saturated carbocycles. The molecule has 2 N–H and O–H groups in total. The van der Waals surface area contributed by atoms with Crippen LogP contribution < -0.4 is 5.32 Å². The lowest BCUT2D eigenvalue weighted by atomic mass is 9.99. The number of rotatable bonds is 7. The fourth-order valence-corrected chi connectivity index (χ4v) is 1.53. The Bertz CT molecular complexity index is 253. The molecule has 0 aromatic carbocycles. The van der Waals surface area contributed by atoms with Crippen molar-refractivity contribution in [3.8, 4) is 0 Å². The van der Waals surface area contributed by atoms with E-state index < -0.39 is 5.97 Å². The molecular formula is C10H18N2O4. The van der Waals surface area contributed by atoms with Gasteiger partial charge in [0.05, 0.1) is 6.61 Å². The zero-order chi connectivity index (χ0) is 12.0. The summed E-state index contributed by atoms with van der Waals surface area (Å²) in [7, 11) is 1.53. The first-order valence-corrected chi connectivity index (χ1v) is 5.32. The van der Waals surface area contributed by atoms with Crippen LogP contribution in [-0.2, 0) is 14.3 Å². The van der Waals surface area contributed by atoms with Crippen LogP contribution in [0.5, 0.6) is 0 Å². The molecule has 1 aliphatic rings. The molecule has 6 heteroatoms. The number of amides is 1. The second kappa shape index (κ2) is 6.44. The number of carbonyl (C=O) groups is 2. The molecular weight excluding hydrogens is 212 g/mol. The van der Waals surface area contributed by atoms with Gasteiger partial charge in [0.2, 0.25) is 5.91 Å². The largest absolute Gasteiger partial charge is 0.480 e. The molecule has 92 valence electrons. The molecule has 1 saturated heterocycles. The first-order valence-electron chi connectivity index (χ1n) is 5.32. The summed E-state index contributed by atoms with van der Waals surface area (Å²) < 4.78 is 4.85. The third-order valence-electron chi connectivity index (χ3n) is 2.57. The Hall–Kier alpha value is -1.14. The average molecular weight is 230 g/mol. The summed E-state index contributed by atoms with van der Waals surface area (Å²) in [6, 6.07) is 0. The number of methoxy groups -OCH3 is 1. The Kier molecular flexibility index (Phi) is 5.21. The van der Waals surface area contributed by atoms with Crippen LogP contribution in [0, 0.1) is 5.92 Å². The molecule has 0 unspecified atom stereocenters. The molecule has 6 nitrogen and oxygen atoms in total. The molecule has 0 aliphatic carbocycles. The second-order valence-electron chi connectivity index (χ2n) is 3.93. The minimum atomic E-state index is -0.990. The predicted octanol–water partition coefficient (Wildman–Crippen LogP) is -0.844. The van der Waals surface area contributed by atoms with Gasteiger partial charge in [-0.3, -0.25) is 9.59 Å². The summed E-state index contributed by atoms with van der Waals surface area (Å²) in [5.74, 6) is -0.742. The number of hydrogen-bond acceptors (Lipinski definition) is 4. The van der Waals surface area contributed by atoms with Gasteiger partial charge in [-0.05, 0) is 19.0 Å². The van der Waals surface area contributed by atoms with E-state index in [9.17, 15) is 9.59 Å². The highest BCUT2D eigenvalue weighted by Gasteiger charge is 2.24. The molecule has 0 aromatic heterocycles. The Morgan fingerprint density at radius 2 is 2.19 bits per heavy atom. The van der Waals surface area contributed by atoms with Gasteiger partial charge in [0, 0.05) is 20.1 Å². The van der Waals surface area contributed by atoms with Crippen LogP contribution in [-0.4, -0.2) is 61.8 Å². The maximum absolute atomic E-state index is 11.8. The predicted molar refractivity (Wildman–Crippen MR) is 57.1 cm³/mol. The maximum Gasteiger partial charge on any atom is 0.323 e. The first-order chi connectivity index (χ1) is 7.63. The third kappa shape index (κ3) is 4.16. The van der Waals surface area contributed by atoms with Crippen LogP contribution in [0.2, 0.25) is 0 Å². The van der Waals surface area contributed by atoms with Crippen molar-refractivity contribution in [3.63, 3.8) is 0 Å². The van der Waals surface area contributed by atoms with Crippen molar-refractivity contribution < 1.29 is 19.4 Å². The quantitative estimate of drug-likeness (QED) is 0.596. The molecule has 1 fully saturated rings. The van der Waals surface area contributed by atoms with Crippen LogP contribution in [0.25, 0.3) is 0 Å². The van der Waals surface area contributed by atoms with Crippen molar-refractivity contribution in [1.82, 2.24) is 10.2 Å². The van der Waals surface area contributed by atoms with Crippen molar-refractivity contribution in [2.24, 2.45) is 5.92 Å². The monoisotopic (exact) mass is 230 g/mol. The summed E-state index contributed by atoms with van der Waals surface area (Å²) in [5.41, 5.74) is 0. The normalized spacial score (nSPS) is 15.6. The van der Waals surface area contributed by atoms with Crippen molar-refractivity contribution >= 4 is 11.9 Å². The highest BCUT2D eigenvalue weighted by Crippen LogP contribution is 2.10. The van der Waals surface area contributed by atoms with E-state index in [-0.39, 0.29) is 12.5 Å². The summed E-state index contributed by atoms with van der Waals surface area (Å²) >= 11 is 0. The molecule has 0 spiro atoms. The smallest absolute Gasteiger partial charge is 0.323 e. The molecule has 1 rings (SSSR count). The summed E-state index contributed by atoms with van der Waals surface area (Å²) in [6.45, 7) is 2.14. The van der Waals surface area contributed by atoms with E-state index in [1.54, 1.807) is 0 Å². The Morgan fingerprint density at radius 3 is 2.62 bits per heavy atom. The highest BCUT2D eigenvalue weighted by molar-refractivity contribution is 5.81. The van der Waals surface area contributed by atoms with Gasteiger partial charge in [-0.1, -0.05) is 0 Å². The van der Waals surface area contributed by atoms with E-state index in [1.807, 2.05) is 0 Å². The molecule has 1 amide bonds. The fourth-order valence-electron chi connectivity index (χ4n) is 1.53. The van der Waals surface area contributed by atoms with Crippen molar-refractivity contribution in [2.75, 3.05) is 39.9 Å². The van der Waals surface area contributed by atoms with Crippen molar-refractivity contribution in [3.05, 3.63) is 0 Å². The lowest BCUT2D eigenvalue weighted by Gasteiger charge is -2.29. The molecule has 0 aromatic rings. The highest BCUT2D eigenvalue weighted by atomic mass is 16.5. The van der Waals surface area contributed by atoms with Gasteiger partial charge in [0.25, 0.3) is 0 Å². The number of carboxylic acids is 1. The summed E-state index contributed by atoms with van der Waals surface area (Å²) in [5, 5.41) is 11.8. The number of ether oxygens (including phenoxy) is 1. The first kappa shape index (κ1) is 12.9. The van der Waals surface area contributed by atoms with E-state index in [1.165, 1.54) is 12.0 Å². The van der Waals surface area contributed by atoms with E-state index in [0.717, 1.165) is 13.1 Å². The molecule has 1 aliphatic heterocycles. The van der Waals surface area contributed by atoms with Gasteiger partial charge in [-0.2, -0.15) is 0 Å². The number of carbonyl (C=O) groups excluding carboxylic acids is 1. The van der Waals surface area contributed by atoms with E-state index >= 15 is 0 Å². The third-order valence-corrected chi connectivity index (χ3v) is 2.57. The van der Waals surface area contributed by atoms with Crippen LogP contribution in [0.15, 0.2) is 0 Å². The number of carboxylic acid groups (broad SMARTS) is 1. The zero-order valence-electron chi connectivity index (χ0n) is 9.44. The van der Waals surface area contributed by atoms with Gasteiger partial charge in [-0.25, -0.2) is 0 Å². The Balaban J connectivity index is 2.38. The zero-order valence-corrected chi connectivity index (χ0v) is 9.44. The Morgan fingerprint density at radius 1 is 1.50 bits per heavy atom.